The van der Waals surface area contributed by atoms with Crippen LogP contribution in [-0.2, 0) is 4.79 Å². The largest absolute Gasteiger partial charge is 0.493 e. The molecule has 2 unspecified atom stereocenters. The van der Waals surface area contributed by atoms with Gasteiger partial charge in [-0.3, -0.25) is 4.79 Å². The first-order chi connectivity index (χ1) is 10.7. The number of para-hydroxylation sites is 1. The van der Waals surface area contributed by atoms with Crippen molar-refractivity contribution in [3.8, 4) is 5.75 Å². The predicted molar refractivity (Wildman–Crippen MR) is 86.9 cm³/mol. The molecule has 0 heterocycles. The fourth-order valence-electron chi connectivity index (χ4n) is 3.03. The Balaban J connectivity index is 1.66. The molecule has 0 bridgehead atoms. The lowest BCUT2D eigenvalue weighted by molar-refractivity contribution is -0.122. The van der Waals surface area contributed by atoms with Gasteiger partial charge in [0.15, 0.2) is 0 Å². The Hall–Kier alpha value is -1.55. The number of ether oxygens (including phenoxy) is 1. The van der Waals surface area contributed by atoms with Crippen LogP contribution in [0, 0.1) is 12.8 Å². The zero-order valence-electron chi connectivity index (χ0n) is 13.4. The Morgan fingerprint density at radius 3 is 2.86 bits per heavy atom. The minimum absolute atomic E-state index is 0.0683. The average molecular weight is 305 g/mol. The van der Waals surface area contributed by atoms with Crippen LogP contribution in [0.4, 0.5) is 0 Å². The van der Waals surface area contributed by atoms with Gasteiger partial charge in [0, 0.05) is 25.0 Å². The van der Waals surface area contributed by atoms with Crippen molar-refractivity contribution in [2.24, 2.45) is 5.92 Å². The van der Waals surface area contributed by atoms with Gasteiger partial charge in [-0.15, -0.1) is 0 Å². The van der Waals surface area contributed by atoms with Crippen LogP contribution in [0.1, 0.15) is 44.1 Å². The van der Waals surface area contributed by atoms with Gasteiger partial charge in [-0.2, -0.15) is 0 Å². The Kier molecular flexibility index (Phi) is 6.72. The maximum absolute atomic E-state index is 12.0. The van der Waals surface area contributed by atoms with E-state index in [1.165, 1.54) is 0 Å². The average Bonchev–Trinajstić information content (AvgIpc) is 2.53. The molecular weight excluding hydrogens is 278 g/mol. The van der Waals surface area contributed by atoms with E-state index in [1.807, 2.05) is 31.2 Å². The lowest BCUT2D eigenvalue weighted by atomic mass is 9.85. The summed E-state index contributed by atoms with van der Waals surface area (Å²) in [4.78, 5) is 12.0. The first-order valence-corrected chi connectivity index (χ1v) is 8.29. The van der Waals surface area contributed by atoms with Crippen molar-refractivity contribution < 1.29 is 14.6 Å². The van der Waals surface area contributed by atoms with E-state index < -0.39 is 0 Å². The second-order valence-electron chi connectivity index (χ2n) is 6.12. The molecule has 4 nitrogen and oxygen atoms in total. The van der Waals surface area contributed by atoms with E-state index in [0.717, 1.165) is 37.0 Å². The first kappa shape index (κ1) is 16.8. The Morgan fingerprint density at radius 1 is 1.32 bits per heavy atom. The summed E-state index contributed by atoms with van der Waals surface area (Å²) in [6, 6.07) is 8.04. The number of carbonyl (C=O) groups excluding carboxylic acids is 1. The molecule has 1 fully saturated rings. The molecule has 0 radical (unpaired) electrons. The van der Waals surface area contributed by atoms with Gasteiger partial charge >= 0.3 is 0 Å². The summed E-state index contributed by atoms with van der Waals surface area (Å²) in [5, 5.41) is 12.4. The van der Waals surface area contributed by atoms with E-state index in [1.54, 1.807) is 0 Å². The molecule has 2 atom stereocenters. The standard InChI is InChI=1S/C18H27NO3/c1-14-7-2-5-10-17(14)22-12-6-11-18(21)19-16-9-4-3-8-15(16)13-20/h2,5,7,10,15-16,20H,3-4,6,8-9,11-13H2,1H3,(H,19,21). The highest BCUT2D eigenvalue weighted by Gasteiger charge is 2.25. The monoisotopic (exact) mass is 305 g/mol. The molecule has 22 heavy (non-hydrogen) atoms. The van der Waals surface area contributed by atoms with Crippen molar-refractivity contribution in [2.45, 2.75) is 51.5 Å². The fourth-order valence-corrected chi connectivity index (χ4v) is 3.03. The summed E-state index contributed by atoms with van der Waals surface area (Å²) >= 11 is 0. The van der Waals surface area contributed by atoms with Crippen LogP contribution in [0.15, 0.2) is 24.3 Å². The molecule has 1 aliphatic carbocycles. The number of aliphatic hydroxyl groups excluding tert-OH is 1. The van der Waals surface area contributed by atoms with Crippen molar-refractivity contribution in [3.63, 3.8) is 0 Å². The smallest absolute Gasteiger partial charge is 0.220 e. The quantitative estimate of drug-likeness (QED) is 0.762. The van der Waals surface area contributed by atoms with Crippen molar-refractivity contribution in [2.75, 3.05) is 13.2 Å². The van der Waals surface area contributed by atoms with Gasteiger partial charge in [0.25, 0.3) is 0 Å². The van der Waals surface area contributed by atoms with Crippen LogP contribution >= 0.6 is 0 Å². The highest BCUT2D eigenvalue weighted by molar-refractivity contribution is 5.76. The van der Waals surface area contributed by atoms with Gasteiger partial charge in [0.05, 0.1) is 6.61 Å². The van der Waals surface area contributed by atoms with Gasteiger partial charge in [-0.1, -0.05) is 31.0 Å². The number of hydrogen-bond donors (Lipinski definition) is 2. The molecule has 1 saturated carbocycles. The van der Waals surface area contributed by atoms with Crippen LogP contribution in [0.2, 0.25) is 0 Å². The van der Waals surface area contributed by atoms with Gasteiger partial charge < -0.3 is 15.2 Å². The number of hydrogen-bond acceptors (Lipinski definition) is 3. The molecule has 2 N–H and O–H groups in total. The maximum Gasteiger partial charge on any atom is 0.220 e. The van der Waals surface area contributed by atoms with E-state index in [0.29, 0.717) is 19.4 Å². The number of aryl methyl sites for hydroxylation is 1. The minimum atomic E-state index is 0.0683. The lowest BCUT2D eigenvalue weighted by Crippen LogP contribution is -2.43. The molecule has 1 aromatic carbocycles. The Bertz CT molecular complexity index is 475. The van der Waals surface area contributed by atoms with Crippen LogP contribution in [0.3, 0.4) is 0 Å². The van der Waals surface area contributed by atoms with E-state index >= 15 is 0 Å². The molecular formula is C18H27NO3. The van der Waals surface area contributed by atoms with Gasteiger partial charge in [-0.05, 0) is 37.8 Å². The van der Waals surface area contributed by atoms with Gasteiger partial charge in [0.2, 0.25) is 5.91 Å². The zero-order chi connectivity index (χ0) is 15.8. The third kappa shape index (κ3) is 5.02. The van der Waals surface area contributed by atoms with Crippen molar-refractivity contribution >= 4 is 5.91 Å². The Morgan fingerprint density at radius 2 is 2.09 bits per heavy atom. The topological polar surface area (TPSA) is 58.6 Å². The molecule has 4 heteroatoms. The number of amides is 1. The summed E-state index contributed by atoms with van der Waals surface area (Å²) < 4.78 is 5.70. The fraction of sp³-hybridized carbons (Fsp3) is 0.611. The van der Waals surface area contributed by atoms with Crippen LogP contribution in [0.5, 0.6) is 5.75 Å². The molecule has 0 aliphatic heterocycles. The highest BCUT2D eigenvalue weighted by atomic mass is 16.5. The van der Waals surface area contributed by atoms with E-state index in [2.05, 4.69) is 5.32 Å². The van der Waals surface area contributed by atoms with E-state index in [9.17, 15) is 9.90 Å². The van der Waals surface area contributed by atoms with Crippen molar-refractivity contribution in [1.82, 2.24) is 5.32 Å². The third-order valence-electron chi connectivity index (χ3n) is 4.39. The van der Waals surface area contributed by atoms with Crippen molar-refractivity contribution in [1.29, 1.82) is 0 Å². The third-order valence-corrected chi connectivity index (χ3v) is 4.39. The number of aliphatic hydroxyl groups is 1. The second-order valence-corrected chi connectivity index (χ2v) is 6.12. The van der Waals surface area contributed by atoms with Gasteiger partial charge in [0.1, 0.15) is 5.75 Å². The number of carbonyl (C=O) groups is 1. The van der Waals surface area contributed by atoms with E-state index in [4.69, 9.17) is 4.74 Å². The normalized spacial score (nSPS) is 21.4. The SMILES string of the molecule is Cc1ccccc1OCCCC(=O)NC1CCCCC1CO. The summed E-state index contributed by atoms with van der Waals surface area (Å²) in [6.07, 6.45) is 5.46. The second kappa shape index (κ2) is 8.79. The molecule has 1 amide bonds. The molecule has 0 saturated heterocycles. The van der Waals surface area contributed by atoms with Crippen LogP contribution < -0.4 is 10.1 Å². The summed E-state index contributed by atoms with van der Waals surface area (Å²) in [6.45, 7) is 2.73. The van der Waals surface area contributed by atoms with E-state index in [-0.39, 0.29) is 24.5 Å². The molecule has 1 aliphatic rings. The predicted octanol–water partition coefficient (Wildman–Crippen LogP) is 2.82. The summed E-state index contributed by atoms with van der Waals surface area (Å²) in [7, 11) is 0. The maximum atomic E-state index is 12.0. The van der Waals surface area contributed by atoms with Crippen LogP contribution in [0.25, 0.3) is 0 Å². The minimum Gasteiger partial charge on any atom is -0.493 e. The van der Waals surface area contributed by atoms with Gasteiger partial charge in [-0.25, -0.2) is 0 Å². The lowest BCUT2D eigenvalue weighted by Gasteiger charge is -2.30. The molecule has 1 aromatic rings. The molecule has 0 spiro atoms. The molecule has 0 aromatic heterocycles. The summed E-state index contributed by atoms with van der Waals surface area (Å²) in [5.74, 6) is 1.18. The zero-order valence-corrected chi connectivity index (χ0v) is 13.4. The van der Waals surface area contributed by atoms with Crippen molar-refractivity contribution in [3.05, 3.63) is 29.8 Å². The molecule has 122 valence electrons. The summed E-state index contributed by atoms with van der Waals surface area (Å²) in [5.41, 5.74) is 1.11. The number of rotatable bonds is 7. The first-order valence-electron chi connectivity index (χ1n) is 8.29. The number of nitrogens with one attached hydrogen (secondary N) is 1. The highest BCUT2D eigenvalue weighted by Crippen LogP contribution is 2.24. The Labute approximate surface area is 132 Å². The molecule has 2 rings (SSSR count). The number of benzene rings is 1. The van der Waals surface area contributed by atoms with Crippen LogP contribution in [-0.4, -0.2) is 30.3 Å².